The van der Waals surface area contributed by atoms with Crippen molar-refractivity contribution in [3.63, 3.8) is 0 Å². The number of urea groups is 1. The van der Waals surface area contributed by atoms with Crippen molar-refractivity contribution in [2.75, 3.05) is 13.6 Å². The van der Waals surface area contributed by atoms with Gasteiger partial charge in [0.1, 0.15) is 6.33 Å². The van der Waals surface area contributed by atoms with Crippen molar-refractivity contribution in [1.82, 2.24) is 34.8 Å². The molecule has 3 rings (SSSR count). The number of carbonyl (C=O) groups excluding carboxylic acids is 1. The number of benzene rings is 1. The topological polar surface area (TPSA) is 80.9 Å². The monoisotopic (exact) mass is 367 g/mol. The number of hydrogen-bond acceptors (Lipinski definition) is 4. The Kier molecular flexibility index (Phi) is 5.85. The fourth-order valence-corrected chi connectivity index (χ4v) is 2.75. The summed E-state index contributed by atoms with van der Waals surface area (Å²) in [7, 11) is 1.75. The van der Waals surface area contributed by atoms with Gasteiger partial charge < -0.3 is 14.8 Å². The Balaban J connectivity index is 1.48. The molecule has 0 aliphatic heterocycles. The smallest absolute Gasteiger partial charge is 0.317 e. The Bertz CT molecular complexity index is 869. The van der Waals surface area contributed by atoms with E-state index in [1.807, 2.05) is 52.0 Å². The average Bonchev–Trinajstić information content (AvgIpc) is 3.32. The number of amides is 2. The zero-order valence-electron chi connectivity index (χ0n) is 15.9. The molecule has 0 bridgehead atoms. The Labute approximate surface area is 158 Å². The first-order valence-electron chi connectivity index (χ1n) is 9.01. The molecule has 0 saturated heterocycles. The van der Waals surface area contributed by atoms with Gasteiger partial charge in [-0.1, -0.05) is 18.2 Å². The molecule has 2 heterocycles. The second-order valence-corrected chi connectivity index (χ2v) is 6.71. The molecule has 0 saturated carbocycles. The molecule has 0 atom stereocenters. The van der Waals surface area contributed by atoms with E-state index in [9.17, 15) is 4.79 Å². The van der Waals surface area contributed by atoms with Crippen molar-refractivity contribution < 1.29 is 4.79 Å². The molecule has 0 unspecified atom stereocenters. The Morgan fingerprint density at radius 2 is 2.04 bits per heavy atom. The lowest BCUT2D eigenvalue weighted by molar-refractivity contribution is 0.205. The van der Waals surface area contributed by atoms with E-state index in [0.29, 0.717) is 19.5 Å². The van der Waals surface area contributed by atoms with Crippen molar-refractivity contribution in [3.8, 4) is 5.69 Å². The summed E-state index contributed by atoms with van der Waals surface area (Å²) in [5, 5.41) is 15.3. The van der Waals surface area contributed by atoms with Crippen molar-refractivity contribution in [2.24, 2.45) is 0 Å². The van der Waals surface area contributed by atoms with E-state index in [2.05, 4.69) is 34.5 Å². The van der Waals surface area contributed by atoms with Crippen molar-refractivity contribution >= 4 is 6.03 Å². The Hall–Kier alpha value is -3.16. The number of nitrogens with zero attached hydrogens (tertiary/aromatic N) is 6. The van der Waals surface area contributed by atoms with Crippen LogP contribution >= 0.6 is 0 Å². The quantitative estimate of drug-likeness (QED) is 0.695. The van der Waals surface area contributed by atoms with E-state index in [0.717, 1.165) is 17.1 Å². The van der Waals surface area contributed by atoms with E-state index in [4.69, 9.17) is 0 Å². The minimum absolute atomic E-state index is 0.135. The summed E-state index contributed by atoms with van der Waals surface area (Å²) < 4.78 is 3.80. The first-order valence-corrected chi connectivity index (χ1v) is 9.01. The maximum Gasteiger partial charge on any atom is 0.317 e. The van der Waals surface area contributed by atoms with Crippen LogP contribution in [0.4, 0.5) is 4.79 Å². The molecule has 3 aromatic rings. The summed E-state index contributed by atoms with van der Waals surface area (Å²) >= 11 is 0. The number of hydrogen-bond donors (Lipinski definition) is 1. The first-order chi connectivity index (χ1) is 13.0. The third-order valence-electron chi connectivity index (χ3n) is 4.28. The zero-order valence-corrected chi connectivity index (χ0v) is 15.9. The van der Waals surface area contributed by atoms with Crippen LogP contribution < -0.4 is 5.32 Å². The number of aromatic nitrogens is 5. The molecule has 0 aliphatic carbocycles. The second-order valence-electron chi connectivity index (χ2n) is 6.71. The van der Waals surface area contributed by atoms with Gasteiger partial charge in [-0.15, -0.1) is 10.2 Å². The van der Waals surface area contributed by atoms with Gasteiger partial charge in [0.25, 0.3) is 0 Å². The fourth-order valence-electron chi connectivity index (χ4n) is 2.75. The summed E-state index contributed by atoms with van der Waals surface area (Å²) in [4.78, 5) is 13.9. The van der Waals surface area contributed by atoms with Gasteiger partial charge in [0, 0.05) is 25.8 Å². The van der Waals surface area contributed by atoms with Crippen molar-refractivity contribution in [2.45, 2.75) is 32.9 Å². The van der Waals surface area contributed by atoms with Gasteiger partial charge >= 0.3 is 6.03 Å². The van der Waals surface area contributed by atoms with Crippen LogP contribution in [0.25, 0.3) is 5.69 Å². The molecule has 2 amide bonds. The van der Waals surface area contributed by atoms with Crippen molar-refractivity contribution in [1.29, 1.82) is 0 Å². The fraction of sp³-hybridized carbons (Fsp3) is 0.368. The van der Waals surface area contributed by atoms with Crippen LogP contribution in [-0.4, -0.2) is 49.1 Å². The van der Waals surface area contributed by atoms with E-state index >= 15 is 0 Å². The maximum absolute atomic E-state index is 12.3. The van der Waals surface area contributed by atoms with Crippen LogP contribution in [0.5, 0.6) is 0 Å². The van der Waals surface area contributed by atoms with Crippen molar-refractivity contribution in [3.05, 3.63) is 60.4 Å². The number of nitrogens with one attached hydrogen (secondary N) is 1. The summed E-state index contributed by atoms with van der Waals surface area (Å²) in [6.07, 6.45) is 6.22. The molecular formula is C19H25N7O. The van der Waals surface area contributed by atoms with Crippen LogP contribution in [-0.2, 0) is 13.0 Å². The SMILES string of the molecule is CC(C)n1cnnc1CN(C)C(=O)NCCc1cnn(-c2ccccc2)c1. The van der Waals surface area contributed by atoms with E-state index in [1.165, 1.54) is 0 Å². The van der Waals surface area contributed by atoms with E-state index < -0.39 is 0 Å². The zero-order chi connectivity index (χ0) is 19.2. The summed E-state index contributed by atoms with van der Waals surface area (Å²) in [5.41, 5.74) is 2.09. The third-order valence-corrected chi connectivity index (χ3v) is 4.28. The first kappa shape index (κ1) is 18.6. The van der Waals surface area contributed by atoms with E-state index in [-0.39, 0.29) is 12.1 Å². The lowest BCUT2D eigenvalue weighted by Gasteiger charge is -2.18. The van der Waals surface area contributed by atoms with Gasteiger partial charge in [-0.3, -0.25) is 0 Å². The summed E-state index contributed by atoms with van der Waals surface area (Å²) in [5.74, 6) is 0.770. The molecule has 0 aliphatic rings. The largest absolute Gasteiger partial charge is 0.338 e. The Morgan fingerprint density at radius 3 is 2.78 bits per heavy atom. The Morgan fingerprint density at radius 1 is 1.26 bits per heavy atom. The van der Waals surface area contributed by atoms with Gasteiger partial charge in [0.05, 0.1) is 18.4 Å². The second kappa shape index (κ2) is 8.48. The lowest BCUT2D eigenvalue weighted by atomic mass is 10.2. The predicted octanol–water partition coefficient (Wildman–Crippen LogP) is 2.43. The highest BCUT2D eigenvalue weighted by molar-refractivity contribution is 5.73. The highest BCUT2D eigenvalue weighted by atomic mass is 16.2. The summed E-state index contributed by atoms with van der Waals surface area (Å²) in [6.45, 7) is 5.07. The normalized spacial score (nSPS) is 11.0. The third kappa shape index (κ3) is 4.72. The van der Waals surface area contributed by atoms with Crippen LogP contribution in [0, 0.1) is 0 Å². The number of carbonyl (C=O) groups is 1. The van der Waals surface area contributed by atoms with Gasteiger partial charge in [-0.05, 0) is 38.0 Å². The average molecular weight is 367 g/mol. The van der Waals surface area contributed by atoms with E-state index in [1.54, 1.807) is 18.3 Å². The molecule has 2 aromatic heterocycles. The molecule has 8 nitrogen and oxygen atoms in total. The number of rotatable bonds is 7. The molecule has 27 heavy (non-hydrogen) atoms. The van der Waals surface area contributed by atoms with Gasteiger partial charge in [0.2, 0.25) is 0 Å². The molecule has 0 spiro atoms. The van der Waals surface area contributed by atoms with Gasteiger partial charge in [-0.25, -0.2) is 9.48 Å². The standard InChI is InChI=1S/C19H25N7O/c1-15(2)25-14-21-23-18(25)13-24(3)19(27)20-10-9-16-11-22-26(12-16)17-7-5-4-6-8-17/h4-8,11-12,14-15H,9-10,13H2,1-3H3,(H,20,27). The lowest BCUT2D eigenvalue weighted by Crippen LogP contribution is -2.38. The van der Waals surface area contributed by atoms with Crippen LogP contribution in [0.2, 0.25) is 0 Å². The highest BCUT2D eigenvalue weighted by Crippen LogP contribution is 2.09. The molecule has 142 valence electrons. The van der Waals surface area contributed by atoms with Gasteiger partial charge in [0.15, 0.2) is 5.82 Å². The molecule has 0 radical (unpaired) electrons. The molecular weight excluding hydrogens is 342 g/mol. The van der Waals surface area contributed by atoms with Crippen LogP contribution in [0.1, 0.15) is 31.3 Å². The van der Waals surface area contributed by atoms with Gasteiger partial charge in [-0.2, -0.15) is 5.10 Å². The molecule has 8 heteroatoms. The minimum Gasteiger partial charge on any atom is -0.338 e. The molecule has 0 fully saturated rings. The molecule has 1 N–H and O–H groups in total. The van der Waals surface area contributed by atoms with Crippen LogP contribution in [0.15, 0.2) is 49.1 Å². The predicted molar refractivity (Wildman–Crippen MR) is 103 cm³/mol. The van der Waals surface area contributed by atoms with Crippen LogP contribution in [0.3, 0.4) is 0 Å². The number of para-hydroxylation sites is 1. The maximum atomic E-state index is 12.3. The minimum atomic E-state index is -0.135. The highest BCUT2D eigenvalue weighted by Gasteiger charge is 2.14. The molecule has 1 aromatic carbocycles. The summed E-state index contributed by atoms with van der Waals surface area (Å²) in [6, 6.07) is 10.1.